The summed E-state index contributed by atoms with van der Waals surface area (Å²) in [6.07, 6.45) is 0. The number of nitrogens with one attached hydrogen (secondary N) is 1. The highest BCUT2D eigenvalue weighted by molar-refractivity contribution is 9.10. The van der Waals surface area contributed by atoms with Gasteiger partial charge in [0.15, 0.2) is 11.5 Å². The molecule has 0 bridgehead atoms. The Morgan fingerprint density at radius 1 is 1.26 bits per heavy atom. The maximum absolute atomic E-state index is 10.4. The van der Waals surface area contributed by atoms with Gasteiger partial charge in [0.25, 0.3) is 0 Å². The van der Waals surface area contributed by atoms with E-state index in [0.717, 1.165) is 53.9 Å². The number of rotatable bonds is 3. The van der Waals surface area contributed by atoms with Crippen molar-refractivity contribution in [2.75, 3.05) is 33.3 Å². The molecule has 0 spiro atoms. The number of hydrogen-bond acceptors (Lipinski definition) is 4. The summed E-state index contributed by atoms with van der Waals surface area (Å²) < 4.78 is 6.35. The van der Waals surface area contributed by atoms with Crippen molar-refractivity contribution in [3.05, 3.63) is 21.2 Å². The van der Waals surface area contributed by atoms with Crippen LogP contribution in [0.2, 0.25) is 0 Å². The van der Waals surface area contributed by atoms with Crippen LogP contribution in [-0.4, -0.2) is 43.3 Å². The average molecular weight is 329 g/mol. The molecule has 0 unspecified atom stereocenters. The Morgan fingerprint density at radius 2 is 1.89 bits per heavy atom. The van der Waals surface area contributed by atoms with Crippen molar-refractivity contribution in [2.24, 2.45) is 0 Å². The number of aromatic hydroxyl groups is 1. The van der Waals surface area contributed by atoms with Gasteiger partial charge in [-0.1, -0.05) is 15.9 Å². The van der Waals surface area contributed by atoms with Gasteiger partial charge in [0, 0.05) is 48.3 Å². The first-order valence-corrected chi connectivity index (χ1v) is 7.33. The lowest BCUT2D eigenvalue weighted by Crippen LogP contribution is -2.43. The highest BCUT2D eigenvalue weighted by Crippen LogP contribution is 2.41. The van der Waals surface area contributed by atoms with E-state index in [1.165, 1.54) is 0 Å². The Balaban J connectivity index is 2.35. The second-order valence-corrected chi connectivity index (χ2v) is 5.74. The molecule has 0 amide bonds. The van der Waals surface area contributed by atoms with Crippen LogP contribution in [0.3, 0.4) is 0 Å². The van der Waals surface area contributed by atoms with E-state index in [9.17, 15) is 5.11 Å². The number of phenolic OH excluding ortho intramolecular Hbond substituents is 1. The molecule has 5 heteroatoms. The van der Waals surface area contributed by atoms with Crippen molar-refractivity contribution in [3.8, 4) is 11.5 Å². The summed E-state index contributed by atoms with van der Waals surface area (Å²) in [5.41, 5.74) is 2.99. The molecule has 19 heavy (non-hydrogen) atoms. The molecule has 1 aliphatic heterocycles. The molecule has 0 radical (unpaired) electrons. The van der Waals surface area contributed by atoms with E-state index < -0.39 is 0 Å². The molecule has 0 saturated carbocycles. The Labute approximate surface area is 122 Å². The van der Waals surface area contributed by atoms with Crippen LogP contribution in [0.25, 0.3) is 0 Å². The molecule has 1 aliphatic rings. The molecule has 1 aromatic rings. The standard InChI is InChI=1S/C14H21BrN2O2/c1-9-11(8-17-6-4-16-5-7-17)13(18)14(19-3)10(2)12(9)15/h16,18H,4-8H2,1-3H3. The van der Waals surface area contributed by atoms with E-state index >= 15 is 0 Å². The molecule has 1 saturated heterocycles. The highest BCUT2D eigenvalue weighted by Gasteiger charge is 2.21. The second-order valence-electron chi connectivity index (χ2n) is 4.95. The van der Waals surface area contributed by atoms with Gasteiger partial charge in [0.05, 0.1) is 7.11 Å². The molecule has 0 aliphatic carbocycles. The van der Waals surface area contributed by atoms with Crippen molar-refractivity contribution < 1.29 is 9.84 Å². The first-order chi connectivity index (χ1) is 9.06. The zero-order chi connectivity index (χ0) is 14.0. The quantitative estimate of drug-likeness (QED) is 0.892. The van der Waals surface area contributed by atoms with Gasteiger partial charge in [-0.2, -0.15) is 0 Å². The predicted molar refractivity (Wildman–Crippen MR) is 80.0 cm³/mol. The van der Waals surface area contributed by atoms with Gasteiger partial charge in [-0.3, -0.25) is 4.90 Å². The van der Waals surface area contributed by atoms with Gasteiger partial charge in [-0.15, -0.1) is 0 Å². The average Bonchev–Trinajstić information content (AvgIpc) is 2.43. The van der Waals surface area contributed by atoms with E-state index in [-0.39, 0.29) is 5.75 Å². The SMILES string of the molecule is COc1c(C)c(Br)c(C)c(CN2CCNCC2)c1O. The van der Waals surface area contributed by atoms with Crippen LogP contribution in [0.15, 0.2) is 4.47 Å². The summed E-state index contributed by atoms with van der Waals surface area (Å²) in [6.45, 7) is 8.76. The van der Waals surface area contributed by atoms with E-state index in [2.05, 4.69) is 26.1 Å². The molecule has 0 aromatic heterocycles. The topological polar surface area (TPSA) is 44.7 Å². The number of phenols is 1. The van der Waals surface area contributed by atoms with Gasteiger partial charge in [0.2, 0.25) is 0 Å². The van der Waals surface area contributed by atoms with Crippen LogP contribution in [0.5, 0.6) is 11.5 Å². The Morgan fingerprint density at radius 3 is 2.47 bits per heavy atom. The molecule has 4 nitrogen and oxygen atoms in total. The molecular weight excluding hydrogens is 308 g/mol. The van der Waals surface area contributed by atoms with Gasteiger partial charge in [-0.25, -0.2) is 0 Å². The summed E-state index contributed by atoms with van der Waals surface area (Å²) in [7, 11) is 1.60. The molecule has 0 atom stereocenters. The Hall–Kier alpha value is -0.780. The zero-order valence-corrected chi connectivity index (χ0v) is 13.3. The minimum atomic E-state index is 0.277. The van der Waals surface area contributed by atoms with Gasteiger partial charge in [-0.05, 0) is 19.4 Å². The number of halogens is 1. The van der Waals surface area contributed by atoms with E-state index in [4.69, 9.17) is 4.74 Å². The number of nitrogens with zero attached hydrogens (tertiary/aromatic N) is 1. The van der Waals surface area contributed by atoms with Crippen molar-refractivity contribution in [1.82, 2.24) is 10.2 Å². The first kappa shape index (κ1) is 14.6. The van der Waals surface area contributed by atoms with E-state index in [1.54, 1.807) is 7.11 Å². The third-order valence-corrected chi connectivity index (χ3v) is 4.94. The largest absolute Gasteiger partial charge is 0.504 e. The summed E-state index contributed by atoms with van der Waals surface area (Å²) in [4.78, 5) is 2.35. The second kappa shape index (κ2) is 6.11. The van der Waals surface area contributed by atoms with Crippen LogP contribution in [0.4, 0.5) is 0 Å². The minimum absolute atomic E-state index is 0.277. The van der Waals surface area contributed by atoms with Gasteiger partial charge in [0.1, 0.15) is 0 Å². The lowest BCUT2D eigenvalue weighted by atomic mass is 10.0. The molecule has 106 valence electrons. The Kier molecular flexibility index (Phi) is 4.71. The number of methoxy groups -OCH3 is 1. The van der Waals surface area contributed by atoms with E-state index in [1.807, 2.05) is 13.8 Å². The van der Waals surface area contributed by atoms with Crippen molar-refractivity contribution in [2.45, 2.75) is 20.4 Å². The lowest BCUT2D eigenvalue weighted by molar-refractivity contribution is 0.229. The zero-order valence-electron chi connectivity index (χ0n) is 11.7. The number of piperazine rings is 1. The van der Waals surface area contributed by atoms with Gasteiger partial charge >= 0.3 is 0 Å². The van der Waals surface area contributed by atoms with Crippen LogP contribution in [0.1, 0.15) is 16.7 Å². The van der Waals surface area contributed by atoms with Crippen molar-refractivity contribution >= 4 is 15.9 Å². The fourth-order valence-electron chi connectivity index (χ4n) is 2.54. The van der Waals surface area contributed by atoms with Crippen LogP contribution in [0, 0.1) is 13.8 Å². The van der Waals surface area contributed by atoms with Crippen LogP contribution >= 0.6 is 15.9 Å². The third-order valence-electron chi connectivity index (χ3n) is 3.75. The van der Waals surface area contributed by atoms with Crippen LogP contribution in [-0.2, 0) is 6.54 Å². The molecule has 1 aromatic carbocycles. The number of hydrogen-bond donors (Lipinski definition) is 2. The fraction of sp³-hybridized carbons (Fsp3) is 0.571. The maximum Gasteiger partial charge on any atom is 0.164 e. The van der Waals surface area contributed by atoms with Crippen molar-refractivity contribution in [3.63, 3.8) is 0 Å². The summed E-state index contributed by atoms with van der Waals surface area (Å²) in [5, 5.41) is 13.8. The number of benzene rings is 1. The molecular formula is C14H21BrN2O2. The van der Waals surface area contributed by atoms with Crippen LogP contribution < -0.4 is 10.1 Å². The molecule has 2 N–H and O–H groups in total. The monoisotopic (exact) mass is 328 g/mol. The maximum atomic E-state index is 10.4. The Bertz CT molecular complexity index is 471. The summed E-state index contributed by atoms with van der Waals surface area (Å²) in [5.74, 6) is 0.849. The minimum Gasteiger partial charge on any atom is -0.504 e. The fourth-order valence-corrected chi connectivity index (χ4v) is 2.96. The van der Waals surface area contributed by atoms with Gasteiger partial charge < -0.3 is 15.2 Å². The predicted octanol–water partition coefficient (Wildman–Crippen LogP) is 2.19. The molecule has 1 fully saturated rings. The smallest absolute Gasteiger partial charge is 0.164 e. The highest BCUT2D eigenvalue weighted by atomic mass is 79.9. The lowest BCUT2D eigenvalue weighted by Gasteiger charge is -2.28. The number of ether oxygens (including phenoxy) is 1. The van der Waals surface area contributed by atoms with Crippen molar-refractivity contribution in [1.29, 1.82) is 0 Å². The van der Waals surface area contributed by atoms with E-state index in [0.29, 0.717) is 5.75 Å². The first-order valence-electron chi connectivity index (χ1n) is 6.53. The molecule has 2 rings (SSSR count). The molecule has 1 heterocycles. The normalized spacial score (nSPS) is 16.6. The summed E-state index contributed by atoms with van der Waals surface area (Å²) >= 11 is 3.60. The third kappa shape index (κ3) is 2.88. The summed E-state index contributed by atoms with van der Waals surface area (Å²) in [6, 6.07) is 0.